The number of halogens is 1. The predicted octanol–water partition coefficient (Wildman–Crippen LogP) is 2.46. The Morgan fingerprint density at radius 1 is 1.25 bits per heavy atom. The van der Waals surface area contributed by atoms with Crippen LogP contribution < -0.4 is 5.32 Å². The Labute approximate surface area is 173 Å². The van der Waals surface area contributed by atoms with Gasteiger partial charge in [0.25, 0.3) is 5.91 Å². The number of aromatic nitrogens is 2. The van der Waals surface area contributed by atoms with Crippen LogP contribution in [-0.2, 0) is 19.5 Å². The number of H-pyrrole nitrogens is 1. The maximum atomic E-state index is 12.9. The van der Waals surface area contributed by atoms with Gasteiger partial charge in [0.15, 0.2) is 5.69 Å². The van der Waals surface area contributed by atoms with E-state index in [4.69, 9.17) is 0 Å². The molecule has 0 bridgehead atoms. The van der Waals surface area contributed by atoms with Crippen LogP contribution in [0.15, 0.2) is 30.3 Å². The van der Waals surface area contributed by atoms with Gasteiger partial charge in [-0.25, -0.2) is 0 Å². The van der Waals surface area contributed by atoms with Gasteiger partial charge < -0.3 is 15.1 Å². The number of nitrogens with one attached hydrogen (secondary N) is 2. The van der Waals surface area contributed by atoms with Gasteiger partial charge in [0.1, 0.15) is 0 Å². The van der Waals surface area contributed by atoms with Crippen LogP contribution in [0.5, 0.6) is 0 Å². The van der Waals surface area contributed by atoms with Gasteiger partial charge in [-0.05, 0) is 31.4 Å². The molecular weight excluding hydrogens is 374 g/mol. The molecule has 2 aliphatic rings. The Kier molecular flexibility index (Phi) is 7.10. The van der Waals surface area contributed by atoms with Crippen LogP contribution in [0.1, 0.15) is 40.2 Å². The Balaban J connectivity index is 0.00000225. The lowest BCUT2D eigenvalue weighted by Crippen LogP contribution is -2.41. The van der Waals surface area contributed by atoms with Crippen molar-refractivity contribution in [1.82, 2.24) is 25.3 Å². The summed E-state index contributed by atoms with van der Waals surface area (Å²) < 4.78 is 0. The molecule has 0 radical (unpaired) electrons. The van der Waals surface area contributed by atoms with E-state index in [0.29, 0.717) is 11.6 Å². The lowest BCUT2D eigenvalue weighted by atomic mass is 9.95. The summed E-state index contributed by atoms with van der Waals surface area (Å²) in [6.07, 6.45) is 3.05. The monoisotopic (exact) mass is 403 g/mol. The van der Waals surface area contributed by atoms with Crippen LogP contribution in [0.2, 0.25) is 0 Å². The minimum absolute atomic E-state index is 0. The Hall–Kier alpha value is -1.89. The maximum absolute atomic E-state index is 12.9. The van der Waals surface area contributed by atoms with Crippen LogP contribution in [0, 0.1) is 5.92 Å². The Morgan fingerprint density at radius 3 is 2.75 bits per heavy atom. The van der Waals surface area contributed by atoms with Gasteiger partial charge >= 0.3 is 0 Å². The molecule has 2 aliphatic heterocycles. The molecule has 1 aromatic heterocycles. The summed E-state index contributed by atoms with van der Waals surface area (Å²) >= 11 is 0. The van der Waals surface area contributed by atoms with Gasteiger partial charge in [0.05, 0.1) is 0 Å². The molecule has 152 valence electrons. The second-order valence-electron chi connectivity index (χ2n) is 7.87. The van der Waals surface area contributed by atoms with Crippen molar-refractivity contribution in [2.75, 3.05) is 33.2 Å². The molecule has 28 heavy (non-hydrogen) atoms. The standard InChI is InChI=1S/C21H29N5O.ClH/c1-25(14-16-5-3-2-4-6-16)15-17-8-11-26(12-9-17)21(27)20-18-13-22-10-7-19(18)23-24-20;/h2-6,17,22H,7-15H2,1H3,(H,23,24);1H. The zero-order valence-electron chi connectivity index (χ0n) is 16.5. The van der Waals surface area contributed by atoms with E-state index in [1.807, 2.05) is 4.90 Å². The van der Waals surface area contributed by atoms with Crippen molar-refractivity contribution in [3.8, 4) is 0 Å². The second-order valence-corrected chi connectivity index (χ2v) is 7.87. The first-order valence-corrected chi connectivity index (χ1v) is 9.99. The molecule has 4 rings (SSSR count). The third kappa shape index (κ3) is 4.74. The highest BCUT2D eigenvalue weighted by Crippen LogP contribution is 2.22. The van der Waals surface area contributed by atoms with E-state index in [0.717, 1.165) is 69.8 Å². The molecule has 1 saturated heterocycles. The van der Waals surface area contributed by atoms with Crippen molar-refractivity contribution in [3.05, 3.63) is 52.8 Å². The second kappa shape index (κ2) is 9.54. The van der Waals surface area contributed by atoms with E-state index in [9.17, 15) is 4.79 Å². The fourth-order valence-corrected chi connectivity index (χ4v) is 4.27. The van der Waals surface area contributed by atoms with Crippen LogP contribution >= 0.6 is 12.4 Å². The molecule has 7 heteroatoms. The average Bonchev–Trinajstić information content (AvgIpc) is 3.13. The van der Waals surface area contributed by atoms with Gasteiger partial charge in [-0.2, -0.15) is 5.10 Å². The molecule has 0 atom stereocenters. The number of rotatable bonds is 5. The number of fused-ring (bicyclic) bond motifs is 1. The molecule has 1 fully saturated rings. The summed E-state index contributed by atoms with van der Waals surface area (Å²) in [6, 6.07) is 10.6. The van der Waals surface area contributed by atoms with Crippen LogP contribution in [0.4, 0.5) is 0 Å². The highest BCUT2D eigenvalue weighted by atomic mass is 35.5. The van der Waals surface area contributed by atoms with Crippen molar-refractivity contribution in [1.29, 1.82) is 0 Å². The lowest BCUT2D eigenvalue weighted by molar-refractivity contribution is 0.0665. The first kappa shape index (κ1) is 20.8. The topological polar surface area (TPSA) is 64.3 Å². The number of likely N-dealkylation sites (tertiary alicyclic amines) is 1. The zero-order valence-corrected chi connectivity index (χ0v) is 17.3. The van der Waals surface area contributed by atoms with Gasteiger partial charge in [-0.3, -0.25) is 9.89 Å². The summed E-state index contributed by atoms with van der Waals surface area (Å²) in [5.74, 6) is 0.741. The third-order valence-electron chi connectivity index (χ3n) is 5.78. The molecule has 2 N–H and O–H groups in total. The van der Waals surface area contributed by atoms with Crippen molar-refractivity contribution in [2.45, 2.75) is 32.4 Å². The number of hydrogen-bond donors (Lipinski definition) is 2. The maximum Gasteiger partial charge on any atom is 0.274 e. The van der Waals surface area contributed by atoms with Crippen molar-refractivity contribution in [3.63, 3.8) is 0 Å². The number of amides is 1. The van der Waals surface area contributed by atoms with E-state index in [2.05, 4.69) is 57.8 Å². The molecule has 6 nitrogen and oxygen atoms in total. The quantitative estimate of drug-likeness (QED) is 0.804. The number of carbonyl (C=O) groups excluding carboxylic acids is 1. The summed E-state index contributed by atoms with van der Waals surface area (Å²) in [4.78, 5) is 17.3. The number of piperidine rings is 1. The van der Waals surface area contributed by atoms with Crippen molar-refractivity contribution in [2.24, 2.45) is 5.92 Å². The fraction of sp³-hybridized carbons (Fsp3) is 0.524. The summed E-state index contributed by atoms with van der Waals surface area (Å²) in [7, 11) is 2.19. The molecule has 0 saturated carbocycles. The number of hydrogen-bond acceptors (Lipinski definition) is 4. The first-order chi connectivity index (χ1) is 13.2. The molecule has 0 spiro atoms. The average molecular weight is 404 g/mol. The van der Waals surface area contributed by atoms with Crippen LogP contribution in [-0.4, -0.2) is 59.1 Å². The van der Waals surface area contributed by atoms with Crippen molar-refractivity contribution < 1.29 is 4.79 Å². The predicted molar refractivity (Wildman–Crippen MR) is 113 cm³/mol. The van der Waals surface area contributed by atoms with E-state index < -0.39 is 0 Å². The molecule has 0 aliphatic carbocycles. The van der Waals surface area contributed by atoms with Crippen LogP contribution in [0.3, 0.4) is 0 Å². The Morgan fingerprint density at radius 2 is 2.00 bits per heavy atom. The minimum Gasteiger partial charge on any atom is -0.337 e. The summed E-state index contributed by atoms with van der Waals surface area (Å²) in [6.45, 7) is 5.42. The smallest absolute Gasteiger partial charge is 0.274 e. The van der Waals surface area contributed by atoms with E-state index in [1.165, 1.54) is 5.56 Å². The van der Waals surface area contributed by atoms with E-state index in [1.54, 1.807) is 0 Å². The van der Waals surface area contributed by atoms with Gasteiger partial charge in [-0.15, -0.1) is 12.4 Å². The Bertz CT molecular complexity index is 770. The van der Waals surface area contributed by atoms with E-state index >= 15 is 0 Å². The number of carbonyl (C=O) groups is 1. The first-order valence-electron chi connectivity index (χ1n) is 9.99. The lowest BCUT2D eigenvalue weighted by Gasteiger charge is -2.34. The third-order valence-corrected chi connectivity index (χ3v) is 5.78. The molecule has 1 amide bonds. The molecule has 2 aromatic rings. The largest absolute Gasteiger partial charge is 0.337 e. The molecular formula is C21H30ClN5O. The van der Waals surface area contributed by atoms with Gasteiger partial charge in [0, 0.05) is 56.9 Å². The minimum atomic E-state index is 0. The molecule has 0 unspecified atom stereocenters. The van der Waals surface area contributed by atoms with Crippen molar-refractivity contribution >= 4 is 18.3 Å². The SMILES string of the molecule is CN(Cc1ccccc1)CC1CCN(C(=O)c2n[nH]c3c2CNCC3)CC1.Cl. The normalized spacial score (nSPS) is 17.3. The summed E-state index contributed by atoms with van der Waals surface area (Å²) in [5.41, 5.74) is 4.16. The molecule has 3 heterocycles. The fourth-order valence-electron chi connectivity index (χ4n) is 4.27. The van der Waals surface area contributed by atoms with Crippen LogP contribution in [0.25, 0.3) is 0 Å². The number of aromatic amines is 1. The number of benzene rings is 1. The van der Waals surface area contributed by atoms with E-state index in [-0.39, 0.29) is 18.3 Å². The highest BCUT2D eigenvalue weighted by Gasteiger charge is 2.29. The van der Waals surface area contributed by atoms with Gasteiger partial charge in [0.2, 0.25) is 0 Å². The highest BCUT2D eigenvalue weighted by molar-refractivity contribution is 5.94. The zero-order chi connectivity index (χ0) is 18.6. The number of nitrogens with zero attached hydrogens (tertiary/aromatic N) is 3. The molecule has 1 aromatic carbocycles. The summed E-state index contributed by atoms with van der Waals surface area (Å²) in [5, 5.41) is 10.7. The van der Waals surface area contributed by atoms with Gasteiger partial charge in [-0.1, -0.05) is 30.3 Å².